The molecule has 0 unspecified atom stereocenters. The Bertz CT molecular complexity index is 1280. The van der Waals surface area contributed by atoms with Gasteiger partial charge in [-0.25, -0.2) is 8.42 Å². The van der Waals surface area contributed by atoms with E-state index in [-0.39, 0.29) is 17.3 Å². The van der Waals surface area contributed by atoms with Crippen molar-refractivity contribution in [3.05, 3.63) is 83.9 Å². The Morgan fingerprint density at radius 2 is 1.55 bits per heavy atom. The predicted molar refractivity (Wildman–Crippen MR) is 129 cm³/mol. The van der Waals surface area contributed by atoms with Gasteiger partial charge in [-0.3, -0.25) is 14.0 Å². The Balaban J connectivity index is 1.34. The zero-order valence-electron chi connectivity index (χ0n) is 18.6. The lowest BCUT2D eigenvalue weighted by Crippen LogP contribution is -2.51. The summed E-state index contributed by atoms with van der Waals surface area (Å²) in [6, 6.07) is 23.0. The molecule has 0 atom stereocenters. The number of nitrogens with zero attached hydrogens (tertiary/aromatic N) is 3. The van der Waals surface area contributed by atoms with Gasteiger partial charge in [-0.2, -0.15) is 0 Å². The van der Waals surface area contributed by atoms with E-state index in [0.29, 0.717) is 24.3 Å². The molecule has 0 saturated carbocycles. The topological polar surface area (TPSA) is 60.9 Å². The van der Waals surface area contributed by atoms with Crippen molar-refractivity contribution in [1.82, 2.24) is 9.80 Å². The van der Waals surface area contributed by atoms with Gasteiger partial charge in [0, 0.05) is 43.9 Å². The minimum atomic E-state index is -3.82. The van der Waals surface area contributed by atoms with Gasteiger partial charge in [-0.1, -0.05) is 60.2 Å². The molecule has 2 aliphatic rings. The van der Waals surface area contributed by atoms with Crippen LogP contribution in [0.4, 0.5) is 5.69 Å². The number of aryl methyl sites for hydroxylation is 1. The Hall–Kier alpha value is -3.16. The van der Waals surface area contributed by atoms with Crippen LogP contribution in [0, 0.1) is 6.92 Å². The van der Waals surface area contributed by atoms with Crippen molar-refractivity contribution < 1.29 is 13.2 Å². The summed E-state index contributed by atoms with van der Waals surface area (Å²) in [6.45, 7) is 5.38. The normalized spacial score (nSPS) is 17.4. The van der Waals surface area contributed by atoms with Crippen molar-refractivity contribution in [3.63, 3.8) is 0 Å². The second kappa shape index (κ2) is 8.65. The summed E-state index contributed by atoms with van der Waals surface area (Å²) in [7, 11) is -3.82. The summed E-state index contributed by atoms with van der Waals surface area (Å²) in [6.07, 6.45) is 0. The van der Waals surface area contributed by atoms with Gasteiger partial charge in [0.1, 0.15) is 6.54 Å². The van der Waals surface area contributed by atoms with E-state index in [9.17, 15) is 13.2 Å². The van der Waals surface area contributed by atoms with Crippen LogP contribution < -0.4 is 4.31 Å². The number of hydrogen-bond donors (Lipinski definition) is 0. The van der Waals surface area contributed by atoms with Gasteiger partial charge in [-0.15, -0.1) is 0 Å². The van der Waals surface area contributed by atoms with Crippen LogP contribution in [-0.2, 0) is 21.4 Å². The summed E-state index contributed by atoms with van der Waals surface area (Å²) < 4.78 is 28.2. The van der Waals surface area contributed by atoms with Crippen LogP contribution in [-0.4, -0.2) is 56.8 Å². The number of benzene rings is 3. The SMILES string of the molecule is Cc1ccc2c(c1)-c1ccccc1S(=O)(=O)N2CC(=O)N1CCN(Cc2ccccc2)CC1. The van der Waals surface area contributed by atoms with E-state index in [0.717, 1.165) is 30.8 Å². The predicted octanol–water partition coefficient (Wildman–Crippen LogP) is 3.52. The van der Waals surface area contributed by atoms with E-state index in [1.807, 2.05) is 55.5 Å². The summed E-state index contributed by atoms with van der Waals surface area (Å²) in [4.78, 5) is 17.6. The summed E-state index contributed by atoms with van der Waals surface area (Å²) >= 11 is 0. The third kappa shape index (κ3) is 4.14. The molecule has 2 aliphatic heterocycles. The molecule has 0 radical (unpaired) electrons. The largest absolute Gasteiger partial charge is 0.339 e. The summed E-state index contributed by atoms with van der Waals surface area (Å²) in [5, 5.41) is 0. The molecule has 6 nitrogen and oxygen atoms in total. The van der Waals surface area contributed by atoms with Crippen molar-refractivity contribution in [3.8, 4) is 11.1 Å². The molecule has 170 valence electrons. The first-order chi connectivity index (χ1) is 15.9. The van der Waals surface area contributed by atoms with Gasteiger partial charge < -0.3 is 4.90 Å². The van der Waals surface area contributed by atoms with Gasteiger partial charge in [0.05, 0.1) is 10.6 Å². The van der Waals surface area contributed by atoms with Crippen molar-refractivity contribution in [2.24, 2.45) is 0 Å². The number of sulfonamides is 1. The first-order valence-electron chi connectivity index (χ1n) is 11.2. The molecule has 1 saturated heterocycles. The van der Waals surface area contributed by atoms with Crippen LogP contribution >= 0.6 is 0 Å². The fourth-order valence-corrected chi connectivity index (χ4v) is 6.28. The van der Waals surface area contributed by atoms with Crippen LogP contribution in [0.25, 0.3) is 11.1 Å². The quantitative estimate of drug-likeness (QED) is 0.597. The van der Waals surface area contributed by atoms with E-state index in [2.05, 4.69) is 17.0 Å². The molecular formula is C26H27N3O3S. The molecule has 1 amide bonds. The molecule has 5 rings (SSSR count). The van der Waals surface area contributed by atoms with E-state index < -0.39 is 10.0 Å². The van der Waals surface area contributed by atoms with Crippen molar-refractivity contribution in [2.75, 3.05) is 37.0 Å². The molecule has 3 aromatic carbocycles. The third-order valence-corrected chi connectivity index (χ3v) is 8.24. The number of hydrogen-bond acceptors (Lipinski definition) is 4. The molecule has 3 aromatic rings. The van der Waals surface area contributed by atoms with E-state index in [1.54, 1.807) is 17.0 Å². The molecule has 0 N–H and O–H groups in total. The first kappa shape index (κ1) is 21.7. The van der Waals surface area contributed by atoms with Gasteiger partial charge in [0.2, 0.25) is 5.91 Å². The van der Waals surface area contributed by atoms with Gasteiger partial charge >= 0.3 is 0 Å². The highest BCUT2D eigenvalue weighted by Crippen LogP contribution is 2.43. The third-order valence-electron chi connectivity index (χ3n) is 6.42. The standard InChI is InChI=1S/C26H27N3O3S/c1-20-11-12-24-23(17-20)22-9-5-6-10-25(22)33(31,32)29(24)19-26(30)28-15-13-27(14-16-28)18-21-7-3-2-4-8-21/h2-12,17H,13-16,18-19H2,1H3. The minimum Gasteiger partial charge on any atom is -0.339 e. The molecule has 0 bridgehead atoms. The number of amides is 1. The molecule has 0 aromatic heterocycles. The highest BCUT2D eigenvalue weighted by molar-refractivity contribution is 7.93. The van der Waals surface area contributed by atoms with Crippen LogP contribution in [0.1, 0.15) is 11.1 Å². The van der Waals surface area contributed by atoms with Crippen LogP contribution in [0.2, 0.25) is 0 Å². The molecule has 7 heteroatoms. The smallest absolute Gasteiger partial charge is 0.265 e. The van der Waals surface area contributed by atoms with E-state index >= 15 is 0 Å². The monoisotopic (exact) mass is 461 g/mol. The number of piperazine rings is 1. The minimum absolute atomic E-state index is 0.163. The average molecular weight is 462 g/mol. The highest BCUT2D eigenvalue weighted by atomic mass is 32.2. The average Bonchev–Trinajstić information content (AvgIpc) is 2.83. The number of fused-ring (bicyclic) bond motifs is 3. The van der Waals surface area contributed by atoms with E-state index in [1.165, 1.54) is 9.87 Å². The van der Waals surface area contributed by atoms with Crippen LogP contribution in [0.5, 0.6) is 0 Å². The number of carbonyl (C=O) groups is 1. The zero-order valence-corrected chi connectivity index (χ0v) is 19.5. The number of anilines is 1. The molecular weight excluding hydrogens is 434 g/mol. The van der Waals surface area contributed by atoms with Gasteiger partial charge in [0.25, 0.3) is 10.0 Å². The van der Waals surface area contributed by atoms with Gasteiger partial charge in [0.15, 0.2) is 0 Å². The molecule has 1 fully saturated rings. The second-order valence-electron chi connectivity index (χ2n) is 8.67. The van der Waals surface area contributed by atoms with Crippen molar-refractivity contribution in [1.29, 1.82) is 0 Å². The molecule has 33 heavy (non-hydrogen) atoms. The van der Waals surface area contributed by atoms with Crippen LogP contribution in [0.3, 0.4) is 0 Å². The Morgan fingerprint density at radius 1 is 0.848 bits per heavy atom. The number of rotatable bonds is 4. The lowest BCUT2D eigenvalue weighted by Gasteiger charge is -2.37. The first-order valence-corrected chi connectivity index (χ1v) is 12.6. The van der Waals surface area contributed by atoms with E-state index in [4.69, 9.17) is 0 Å². The lowest BCUT2D eigenvalue weighted by atomic mass is 10.0. The Kier molecular flexibility index (Phi) is 5.68. The fourth-order valence-electron chi connectivity index (χ4n) is 4.64. The van der Waals surface area contributed by atoms with Gasteiger partial charge in [-0.05, 0) is 30.7 Å². The molecule has 2 heterocycles. The second-order valence-corrected chi connectivity index (χ2v) is 10.5. The maximum absolute atomic E-state index is 13.5. The van der Waals surface area contributed by atoms with Crippen LogP contribution in [0.15, 0.2) is 77.7 Å². The molecule has 0 spiro atoms. The maximum Gasteiger partial charge on any atom is 0.265 e. The summed E-state index contributed by atoms with van der Waals surface area (Å²) in [5.74, 6) is -0.163. The molecule has 0 aliphatic carbocycles. The Labute approximate surface area is 195 Å². The maximum atomic E-state index is 13.5. The van der Waals surface area contributed by atoms with Crippen molar-refractivity contribution >= 4 is 21.6 Å². The highest BCUT2D eigenvalue weighted by Gasteiger charge is 2.37. The summed E-state index contributed by atoms with van der Waals surface area (Å²) in [5.41, 5.74) is 4.40. The Morgan fingerprint density at radius 3 is 2.30 bits per heavy atom. The lowest BCUT2D eigenvalue weighted by molar-refractivity contribution is -0.131. The fraction of sp³-hybridized carbons (Fsp3) is 0.269. The number of carbonyl (C=O) groups excluding carboxylic acids is 1. The van der Waals surface area contributed by atoms with Crippen molar-refractivity contribution in [2.45, 2.75) is 18.4 Å². The zero-order chi connectivity index (χ0) is 23.0.